The number of thioether (sulfide) groups is 1. The largest absolute Gasteiger partial charge is 0.492 e. The lowest BCUT2D eigenvalue weighted by atomic mass is 10.0. The zero-order valence-corrected chi connectivity index (χ0v) is 24.1. The number of benzene rings is 2. The Bertz CT molecular complexity index is 960. The van der Waals surface area contributed by atoms with Crippen LogP contribution < -0.4 is 15.4 Å². The van der Waals surface area contributed by atoms with Crippen LogP contribution in [0.5, 0.6) is 5.75 Å². The van der Waals surface area contributed by atoms with Crippen LogP contribution in [0.3, 0.4) is 0 Å². The Balaban J connectivity index is 0.000000269. The fourth-order valence-corrected chi connectivity index (χ4v) is 6.18. The highest BCUT2D eigenvalue weighted by atomic mass is 35.5. The van der Waals surface area contributed by atoms with Crippen molar-refractivity contribution >= 4 is 36.2 Å². The Kier molecular flexibility index (Phi) is 14.4. The predicted molar refractivity (Wildman–Crippen MR) is 158 cm³/mol. The molecule has 0 bridgehead atoms. The summed E-state index contributed by atoms with van der Waals surface area (Å²) in [4.78, 5) is 23.8. The van der Waals surface area contributed by atoms with Gasteiger partial charge in [0.2, 0.25) is 0 Å². The molecule has 0 spiro atoms. The number of unbranched alkanes of at least 4 members (excludes halogenated alkanes) is 1. The minimum absolute atomic E-state index is 0. The summed E-state index contributed by atoms with van der Waals surface area (Å²) in [5.74, 6) is 1.19. The topological polar surface area (TPSA) is 90.9 Å². The van der Waals surface area contributed by atoms with E-state index in [0.29, 0.717) is 5.25 Å². The van der Waals surface area contributed by atoms with Crippen molar-refractivity contribution in [1.82, 2.24) is 15.5 Å². The minimum Gasteiger partial charge on any atom is -0.492 e. The molecule has 2 saturated heterocycles. The molecule has 9 heteroatoms. The molecule has 2 aliphatic rings. The van der Waals surface area contributed by atoms with Crippen LogP contribution in [0, 0.1) is 0 Å². The lowest BCUT2D eigenvalue weighted by molar-refractivity contribution is -0.137. The van der Waals surface area contributed by atoms with Crippen LogP contribution in [0.4, 0.5) is 4.79 Å². The van der Waals surface area contributed by atoms with E-state index in [1.807, 2.05) is 11.8 Å². The van der Waals surface area contributed by atoms with Gasteiger partial charge in [0.1, 0.15) is 12.4 Å². The molecular formula is C29H42ClN3O4S. The van der Waals surface area contributed by atoms with Gasteiger partial charge in [-0.3, -0.25) is 4.79 Å². The number of urea groups is 1. The Morgan fingerprint density at radius 2 is 1.71 bits per heavy atom. The number of nitrogens with zero attached hydrogens (tertiary/aromatic N) is 1. The highest BCUT2D eigenvalue weighted by Gasteiger charge is 2.42. The van der Waals surface area contributed by atoms with Crippen molar-refractivity contribution in [2.75, 3.05) is 32.0 Å². The summed E-state index contributed by atoms with van der Waals surface area (Å²) in [7, 11) is 0. The number of carboxylic acid groups (broad SMARTS) is 1. The summed E-state index contributed by atoms with van der Waals surface area (Å²) >= 11 is 1.87. The normalized spacial score (nSPS) is 19.4. The van der Waals surface area contributed by atoms with Crippen LogP contribution in [-0.4, -0.2) is 71.3 Å². The first-order valence-corrected chi connectivity index (χ1v) is 14.4. The minimum atomic E-state index is -0.729. The zero-order valence-electron chi connectivity index (χ0n) is 22.4. The molecule has 210 valence electrons. The Hall–Kier alpha value is -2.42. The van der Waals surface area contributed by atoms with Gasteiger partial charge in [-0.2, -0.15) is 11.8 Å². The van der Waals surface area contributed by atoms with Crippen molar-refractivity contribution < 1.29 is 19.4 Å². The number of nitrogens with one attached hydrogen (secondary N) is 2. The first kappa shape index (κ1) is 31.8. The van der Waals surface area contributed by atoms with Crippen molar-refractivity contribution in [3.8, 4) is 5.75 Å². The molecular weight excluding hydrogens is 522 g/mol. The van der Waals surface area contributed by atoms with Crippen LogP contribution in [0.15, 0.2) is 54.6 Å². The molecule has 2 fully saturated rings. The van der Waals surface area contributed by atoms with Crippen LogP contribution in [-0.2, 0) is 11.2 Å². The van der Waals surface area contributed by atoms with Crippen molar-refractivity contribution in [3.05, 3.63) is 65.7 Å². The second kappa shape index (κ2) is 17.2. The number of ether oxygens (including phenoxy) is 1. The Morgan fingerprint density at radius 1 is 1.03 bits per heavy atom. The van der Waals surface area contributed by atoms with Gasteiger partial charge >= 0.3 is 12.0 Å². The molecule has 3 N–H and O–H groups in total. The smallest absolute Gasteiger partial charge is 0.315 e. The number of carbonyl (C=O) groups is 2. The van der Waals surface area contributed by atoms with Crippen LogP contribution in [0.2, 0.25) is 0 Å². The second-order valence-corrected chi connectivity index (χ2v) is 10.7. The standard InChI is InChI=1S/C19H25NO.C10H16N2O3S.ClH/c1-3-20(4-2)14-15-21-19-12-10-18(11-13-19)16-17-8-6-5-7-9-17;13-8(14)4-2-1-3-7-9-6(5-16-7)11-10(15)12-9;/h5-13H,3-4,14-16H2,1-2H3;6-7,9H,1-5H2,(H,13,14)(H2,11,12,15);1H/t;6-,7-,9-;/m.0./s1. The van der Waals surface area contributed by atoms with Crippen LogP contribution in [0.1, 0.15) is 50.7 Å². The summed E-state index contributed by atoms with van der Waals surface area (Å²) in [6, 6.07) is 19.4. The van der Waals surface area contributed by atoms with E-state index in [1.165, 1.54) is 11.1 Å². The predicted octanol–water partition coefficient (Wildman–Crippen LogP) is 5.22. The van der Waals surface area contributed by atoms with Gasteiger partial charge in [-0.05, 0) is 55.6 Å². The Morgan fingerprint density at radius 3 is 2.37 bits per heavy atom. The highest BCUT2D eigenvalue weighted by molar-refractivity contribution is 8.00. The maximum Gasteiger partial charge on any atom is 0.315 e. The van der Waals surface area contributed by atoms with Crippen molar-refractivity contribution in [2.45, 2.75) is 63.3 Å². The molecule has 3 atom stereocenters. The van der Waals surface area contributed by atoms with E-state index >= 15 is 0 Å². The molecule has 2 aromatic carbocycles. The first-order chi connectivity index (χ1) is 18.0. The number of aliphatic carboxylic acids is 1. The first-order valence-electron chi connectivity index (χ1n) is 13.4. The summed E-state index contributed by atoms with van der Waals surface area (Å²) in [6.07, 6.45) is 3.85. The molecule has 2 aromatic rings. The number of hydrogen-bond acceptors (Lipinski definition) is 5. The number of fused-ring (bicyclic) bond motifs is 1. The number of likely N-dealkylation sites (N-methyl/N-ethyl adjacent to an activating group) is 1. The van der Waals surface area contributed by atoms with E-state index in [9.17, 15) is 9.59 Å². The molecule has 2 aliphatic heterocycles. The number of carboxylic acids is 1. The van der Waals surface area contributed by atoms with E-state index < -0.39 is 5.97 Å². The van der Waals surface area contributed by atoms with Crippen molar-refractivity contribution in [3.63, 3.8) is 0 Å². The lowest BCUT2D eigenvalue weighted by Gasteiger charge is -2.18. The monoisotopic (exact) mass is 563 g/mol. The zero-order chi connectivity index (χ0) is 26.5. The quantitative estimate of drug-likeness (QED) is 0.229. The van der Waals surface area contributed by atoms with Gasteiger partial charge in [-0.15, -0.1) is 12.4 Å². The molecule has 4 rings (SSSR count). The average Bonchev–Trinajstić information content (AvgIpc) is 3.45. The van der Waals surface area contributed by atoms with Crippen molar-refractivity contribution in [1.29, 1.82) is 0 Å². The molecule has 2 amide bonds. The molecule has 38 heavy (non-hydrogen) atoms. The third-order valence-corrected chi connectivity index (χ3v) is 8.32. The molecule has 0 unspecified atom stereocenters. The van der Waals surface area contributed by atoms with Gasteiger partial charge in [0.15, 0.2) is 0 Å². The van der Waals surface area contributed by atoms with Gasteiger partial charge in [0.05, 0.1) is 12.1 Å². The van der Waals surface area contributed by atoms with E-state index in [-0.39, 0.29) is 36.9 Å². The fraction of sp³-hybridized carbons (Fsp3) is 0.517. The molecule has 0 saturated carbocycles. The number of rotatable bonds is 13. The highest BCUT2D eigenvalue weighted by Crippen LogP contribution is 2.33. The van der Waals surface area contributed by atoms with E-state index in [0.717, 1.165) is 63.4 Å². The van der Waals surface area contributed by atoms with Gasteiger partial charge in [0.25, 0.3) is 0 Å². The molecule has 2 heterocycles. The van der Waals surface area contributed by atoms with Crippen LogP contribution >= 0.6 is 24.2 Å². The number of carbonyl (C=O) groups excluding carboxylic acids is 1. The number of amides is 2. The maximum atomic E-state index is 11.1. The summed E-state index contributed by atoms with van der Waals surface area (Å²) in [5, 5.41) is 14.8. The van der Waals surface area contributed by atoms with E-state index in [2.05, 4.69) is 84.0 Å². The number of hydrogen-bond donors (Lipinski definition) is 3. The third kappa shape index (κ3) is 10.8. The molecule has 0 aromatic heterocycles. The van der Waals surface area contributed by atoms with Gasteiger partial charge in [0, 0.05) is 24.0 Å². The summed E-state index contributed by atoms with van der Waals surface area (Å²) in [5.41, 5.74) is 2.66. The summed E-state index contributed by atoms with van der Waals surface area (Å²) < 4.78 is 5.80. The fourth-order valence-electron chi connectivity index (χ4n) is 4.63. The van der Waals surface area contributed by atoms with Crippen LogP contribution in [0.25, 0.3) is 0 Å². The second-order valence-electron chi connectivity index (χ2n) is 9.44. The molecule has 0 aliphatic carbocycles. The lowest BCUT2D eigenvalue weighted by Crippen LogP contribution is -2.36. The molecule has 7 nitrogen and oxygen atoms in total. The van der Waals surface area contributed by atoms with E-state index in [1.54, 1.807) is 0 Å². The van der Waals surface area contributed by atoms with Gasteiger partial charge in [-0.1, -0.05) is 62.7 Å². The van der Waals surface area contributed by atoms with Gasteiger partial charge < -0.3 is 25.4 Å². The van der Waals surface area contributed by atoms with Gasteiger partial charge in [-0.25, -0.2) is 4.79 Å². The Labute approximate surface area is 237 Å². The third-order valence-electron chi connectivity index (χ3n) is 6.81. The van der Waals surface area contributed by atoms with Crippen molar-refractivity contribution in [2.24, 2.45) is 0 Å². The number of halogens is 1. The SMILES string of the molecule is CCN(CC)CCOc1ccc(Cc2ccccc2)cc1.Cl.O=C(O)CCCC[C@@H]1SC[C@@H]2NC(=O)N[C@@H]21. The maximum absolute atomic E-state index is 11.1. The van der Waals surface area contributed by atoms with E-state index in [4.69, 9.17) is 9.84 Å². The molecule has 0 radical (unpaired) electrons. The summed E-state index contributed by atoms with van der Waals surface area (Å²) in [6.45, 7) is 8.26. The average molecular weight is 564 g/mol.